The number of nitrogens with zero attached hydrogens (tertiary/aromatic N) is 2. The van der Waals surface area contributed by atoms with Gasteiger partial charge >= 0.3 is 5.97 Å². The molecule has 5 heteroatoms. The Morgan fingerprint density at radius 2 is 2.22 bits per heavy atom. The molecule has 0 aliphatic rings. The van der Waals surface area contributed by atoms with E-state index in [1.54, 1.807) is 17.8 Å². The zero-order valence-electron chi connectivity index (χ0n) is 10.1. The first-order chi connectivity index (χ1) is 8.52. The molecule has 0 saturated heterocycles. The average molecular weight is 248 g/mol. The lowest BCUT2D eigenvalue weighted by atomic mass is 10.1. The van der Waals surface area contributed by atoms with Crippen LogP contribution in [0.3, 0.4) is 0 Å². The molecule has 0 fully saturated rings. The number of aromatic nitrogens is 2. The maximum absolute atomic E-state index is 13.5. The van der Waals surface area contributed by atoms with Crippen LogP contribution in [-0.4, -0.2) is 20.6 Å². The summed E-state index contributed by atoms with van der Waals surface area (Å²) in [5.41, 5.74) is 1.86. The number of hydrogen-bond acceptors (Lipinski definition) is 2. The number of carboxylic acids is 1. The van der Waals surface area contributed by atoms with Gasteiger partial charge in [0.05, 0.1) is 23.3 Å². The Morgan fingerprint density at radius 3 is 2.78 bits per heavy atom. The van der Waals surface area contributed by atoms with Gasteiger partial charge in [0.15, 0.2) is 0 Å². The summed E-state index contributed by atoms with van der Waals surface area (Å²) in [5, 5.41) is 8.91. The summed E-state index contributed by atoms with van der Waals surface area (Å²) in [5.74, 6) is -2.00. The molecular weight excluding hydrogens is 235 g/mol. The first-order valence-electron chi connectivity index (χ1n) is 5.59. The van der Waals surface area contributed by atoms with E-state index in [0.717, 1.165) is 12.1 Å². The molecule has 1 N–H and O–H groups in total. The highest BCUT2D eigenvalue weighted by Gasteiger charge is 2.14. The Kier molecular flexibility index (Phi) is 3.14. The standard InChI is InChI=1S/C13H13FN2O2/c1-3-9-6-16(7-15-9)12-5-10(13(17)18)11(14)4-8(12)2/h4-7H,3H2,1-2H3,(H,17,18). The number of carboxylic acid groups (broad SMARTS) is 1. The van der Waals surface area contributed by atoms with E-state index in [4.69, 9.17) is 5.11 Å². The molecular formula is C13H13FN2O2. The molecule has 1 aromatic heterocycles. The molecule has 94 valence electrons. The molecule has 18 heavy (non-hydrogen) atoms. The van der Waals surface area contributed by atoms with Gasteiger partial charge in [0.2, 0.25) is 0 Å². The molecule has 0 atom stereocenters. The predicted molar refractivity (Wildman–Crippen MR) is 64.6 cm³/mol. The van der Waals surface area contributed by atoms with Crippen LogP contribution >= 0.6 is 0 Å². The van der Waals surface area contributed by atoms with Crippen LogP contribution in [0.5, 0.6) is 0 Å². The monoisotopic (exact) mass is 248 g/mol. The van der Waals surface area contributed by atoms with Gasteiger partial charge in [0.1, 0.15) is 5.82 Å². The van der Waals surface area contributed by atoms with Crippen LogP contribution in [0, 0.1) is 12.7 Å². The molecule has 0 radical (unpaired) electrons. The minimum absolute atomic E-state index is 0.331. The quantitative estimate of drug-likeness (QED) is 0.908. The molecule has 0 aliphatic heterocycles. The lowest BCUT2D eigenvalue weighted by Crippen LogP contribution is -2.04. The van der Waals surface area contributed by atoms with Gasteiger partial charge in [-0.2, -0.15) is 0 Å². The summed E-state index contributed by atoms with van der Waals surface area (Å²) in [4.78, 5) is 15.1. The lowest BCUT2D eigenvalue weighted by molar-refractivity contribution is 0.0692. The summed E-state index contributed by atoms with van der Waals surface area (Å²) in [6, 6.07) is 2.55. The van der Waals surface area contributed by atoms with E-state index in [1.165, 1.54) is 12.1 Å². The Hall–Kier alpha value is -2.17. The third-order valence-corrected chi connectivity index (χ3v) is 2.79. The van der Waals surface area contributed by atoms with Gasteiger partial charge in [0.25, 0.3) is 0 Å². The van der Waals surface area contributed by atoms with E-state index in [9.17, 15) is 9.18 Å². The zero-order chi connectivity index (χ0) is 13.3. The maximum Gasteiger partial charge on any atom is 0.338 e. The summed E-state index contributed by atoms with van der Waals surface area (Å²) in [6.07, 6.45) is 4.20. The van der Waals surface area contributed by atoms with Crippen molar-refractivity contribution >= 4 is 5.97 Å². The third kappa shape index (κ3) is 2.11. The molecule has 1 heterocycles. The molecule has 0 aliphatic carbocycles. The van der Waals surface area contributed by atoms with Gasteiger partial charge < -0.3 is 9.67 Å². The van der Waals surface area contributed by atoms with Crippen molar-refractivity contribution in [1.29, 1.82) is 0 Å². The van der Waals surface area contributed by atoms with Crippen molar-refractivity contribution < 1.29 is 14.3 Å². The van der Waals surface area contributed by atoms with Crippen molar-refractivity contribution in [3.8, 4) is 5.69 Å². The van der Waals surface area contributed by atoms with Crippen LogP contribution in [0.25, 0.3) is 5.69 Å². The highest BCUT2D eigenvalue weighted by molar-refractivity contribution is 5.88. The van der Waals surface area contributed by atoms with Crippen molar-refractivity contribution in [2.45, 2.75) is 20.3 Å². The molecule has 4 nitrogen and oxygen atoms in total. The third-order valence-electron chi connectivity index (χ3n) is 2.79. The van der Waals surface area contributed by atoms with Crippen LogP contribution in [0.1, 0.15) is 28.5 Å². The van der Waals surface area contributed by atoms with Crippen LogP contribution in [0.15, 0.2) is 24.7 Å². The number of benzene rings is 1. The van der Waals surface area contributed by atoms with E-state index >= 15 is 0 Å². The number of rotatable bonds is 3. The van der Waals surface area contributed by atoms with E-state index in [0.29, 0.717) is 11.3 Å². The van der Waals surface area contributed by atoms with Gasteiger partial charge in [0, 0.05) is 6.20 Å². The van der Waals surface area contributed by atoms with Crippen molar-refractivity contribution in [3.05, 3.63) is 47.3 Å². The van der Waals surface area contributed by atoms with Gasteiger partial charge in [-0.1, -0.05) is 6.92 Å². The normalized spacial score (nSPS) is 10.6. The van der Waals surface area contributed by atoms with E-state index in [-0.39, 0.29) is 5.56 Å². The Bertz CT molecular complexity index is 605. The molecule has 0 saturated carbocycles. The largest absolute Gasteiger partial charge is 0.478 e. The van der Waals surface area contributed by atoms with Crippen LogP contribution in [0.2, 0.25) is 0 Å². The first-order valence-corrected chi connectivity index (χ1v) is 5.59. The number of imidazole rings is 1. The van der Waals surface area contributed by atoms with Gasteiger partial charge in [-0.05, 0) is 31.0 Å². The second kappa shape index (κ2) is 4.60. The Balaban J connectivity index is 2.56. The first kappa shape index (κ1) is 12.3. The fraction of sp³-hybridized carbons (Fsp3) is 0.231. The van der Waals surface area contributed by atoms with Crippen molar-refractivity contribution in [2.24, 2.45) is 0 Å². The minimum atomic E-state index is -1.27. The summed E-state index contributed by atoms with van der Waals surface area (Å²) in [7, 11) is 0. The predicted octanol–water partition coefficient (Wildman–Crippen LogP) is 2.58. The smallest absolute Gasteiger partial charge is 0.338 e. The number of carbonyl (C=O) groups is 1. The second-order valence-corrected chi connectivity index (χ2v) is 4.05. The maximum atomic E-state index is 13.5. The fourth-order valence-corrected chi connectivity index (χ4v) is 1.78. The minimum Gasteiger partial charge on any atom is -0.478 e. The second-order valence-electron chi connectivity index (χ2n) is 4.05. The van der Waals surface area contributed by atoms with Crippen LogP contribution in [0.4, 0.5) is 4.39 Å². The number of aryl methyl sites for hydroxylation is 2. The molecule has 0 spiro atoms. The highest BCUT2D eigenvalue weighted by atomic mass is 19.1. The average Bonchev–Trinajstić information content (AvgIpc) is 2.77. The number of halogens is 1. The van der Waals surface area contributed by atoms with Crippen LogP contribution in [-0.2, 0) is 6.42 Å². The summed E-state index contributed by atoms with van der Waals surface area (Å²) < 4.78 is 15.2. The van der Waals surface area contributed by atoms with Crippen molar-refractivity contribution in [3.63, 3.8) is 0 Å². The van der Waals surface area contributed by atoms with Gasteiger partial charge in [-0.25, -0.2) is 14.2 Å². The summed E-state index contributed by atoms with van der Waals surface area (Å²) >= 11 is 0. The zero-order valence-corrected chi connectivity index (χ0v) is 10.1. The molecule has 2 rings (SSSR count). The van der Waals surface area contributed by atoms with Crippen molar-refractivity contribution in [2.75, 3.05) is 0 Å². The van der Waals surface area contributed by atoms with Crippen molar-refractivity contribution in [1.82, 2.24) is 9.55 Å². The highest BCUT2D eigenvalue weighted by Crippen LogP contribution is 2.20. The van der Waals surface area contributed by atoms with E-state index in [1.807, 2.05) is 13.1 Å². The molecule has 1 aromatic carbocycles. The molecule has 0 bridgehead atoms. The molecule has 0 amide bonds. The Labute approximate surface area is 104 Å². The van der Waals surface area contributed by atoms with Gasteiger partial charge in [-0.3, -0.25) is 0 Å². The van der Waals surface area contributed by atoms with E-state index < -0.39 is 11.8 Å². The molecule has 0 unspecified atom stereocenters. The number of hydrogen-bond donors (Lipinski definition) is 1. The SMILES string of the molecule is CCc1cn(-c2cc(C(=O)O)c(F)cc2C)cn1. The lowest BCUT2D eigenvalue weighted by Gasteiger charge is -2.08. The number of aromatic carboxylic acids is 1. The summed E-state index contributed by atoms with van der Waals surface area (Å²) in [6.45, 7) is 3.71. The van der Waals surface area contributed by atoms with Gasteiger partial charge in [-0.15, -0.1) is 0 Å². The molecule has 2 aromatic rings. The fourth-order valence-electron chi connectivity index (χ4n) is 1.78. The topological polar surface area (TPSA) is 55.1 Å². The Morgan fingerprint density at radius 1 is 1.50 bits per heavy atom. The van der Waals surface area contributed by atoms with E-state index in [2.05, 4.69) is 4.98 Å². The van der Waals surface area contributed by atoms with Crippen LogP contribution < -0.4 is 0 Å².